The molecule has 0 aliphatic heterocycles. The van der Waals surface area contributed by atoms with Crippen LogP contribution in [-0.2, 0) is 28.7 Å². The van der Waals surface area contributed by atoms with E-state index in [0.29, 0.717) is 72.7 Å². The lowest BCUT2D eigenvalue weighted by molar-refractivity contribution is -0.303. The van der Waals surface area contributed by atoms with Gasteiger partial charge in [-0.2, -0.15) is 0 Å². The Balaban J connectivity index is 0. The zero-order valence-corrected chi connectivity index (χ0v) is 15.4. The summed E-state index contributed by atoms with van der Waals surface area (Å²) in [5, 5.41) is 25.0. The van der Waals surface area contributed by atoms with Gasteiger partial charge in [0, 0.05) is 6.61 Å². The van der Waals surface area contributed by atoms with Crippen molar-refractivity contribution in [3.63, 3.8) is 0 Å². The minimum atomic E-state index is 0.0204. The van der Waals surface area contributed by atoms with Gasteiger partial charge in [-0.25, -0.2) is 9.78 Å². The standard InChI is InChI=1S/C12H26O8.C4H10O/c13-1-3-15-5-7-17-9-11-19-20-12-10-18-8-6-16-4-2-14;1-2-3-4-5/h13-14H,1-12H2;5H,2-4H2,1H3. The molecule has 9 nitrogen and oxygen atoms in total. The van der Waals surface area contributed by atoms with E-state index < -0.39 is 0 Å². The zero-order chi connectivity index (χ0) is 18.8. The fraction of sp³-hybridized carbons (Fsp3) is 1.00. The Labute approximate surface area is 150 Å². The molecular weight excluding hydrogens is 336 g/mol. The number of ether oxygens (including phenoxy) is 4. The van der Waals surface area contributed by atoms with Crippen LogP contribution in [0.1, 0.15) is 19.8 Å². The summed E-state index contributed by atoms with van der Waals surface area (Å²) in [6.45, 7) is 6.41. The first-order valence-electron chi connectivity index (χ1n) is 8.71. The van der Waals surface area contributed by atoms with Crippen molar-refractivity contribution in [1.82, 2.24) is 0 Å². The van der Waals surface area contributed by atoms with E-state index in [0.717, 1.165) is 12.8 Å². The second kappa shape index (κ2) is 28.4. The van der Waals surface area contributed by atoms with Crippen molar-refractivity contribution in [1.29, 1.82) is 0 Å². The molecular formula is C16H36O9. The Morgan fingerprint density at radius 2 is 0.840 bits per heavy atom. The first-order valence-corrected chi connectivity index (χ1v) is 8.71. The Kier molecular flexibility index (Phi) is 30.6. The maximum absolute atomic E-state index is 8.45. The van der Waals surface area contributed by atoms with Crippen LogP contribution >= 0.6 is 0 Å². The lowest BCUT2D eigenvalue weighted by atomic mass is 10.4. The monoisotopic (exact) mass is 372 g/mol. The van der Waals surface area contributed by atoms with E-state index in [-0.39, 0.29) is 13.2 Å². The molecule has 0 radical (unpaired) electrons. The third kappa shape index (κ3) is 31.9. The van der Waals surface area contributed by atoms with Gasteiger partial charge in [-0.15, -0.1) is 0 Å². The van der Waals surface area contributed by atoms with Crippen LogP contribution < -0.4 is 0 Å². The van der Waals surface area contributed by atoms with Crippen LogP contribution in [0.15, 0.2) is 0 Å². The van der Waals surface area contributed by atoms with Crippen LogP contribution in [0.4, 0.5) is 0 Å². The van der Waals surface area contributed by atoms with Gasteiger partial charge >= 0.3 is 0 Å². The maximum atomic E-state index is 8.45. The minimum Gasteiger partial charge on any atom is -0.396 e. The van der Waals surface area contributed by atoms with E-state index in [1.54, 1.807) is 0 Å². The molecule has 0 spiro atoms. The first kappa shape index (κ1) is 26.9. The minimum absolute atomic E-state index is 0.0204. The van der Waals surface area contributed by atoms with Gasteiger partial charge in [0.05, 0.1) is 66.1 Å². The predicted octanol–water partition coefficient (Wildman–Crippen LogP) is -0.236. The second-order valence-electron chi connectivity index (χ2n) is 4.62. The highest BCUT2D eigenvalue weighted by atomic mass is 17.2. The molecule has 154 valence electrons. The molecule has 0 amide bonds. The first-order chi connectivity index (χ1) is 12.3. The molecule has 0 rings (SSSR count). The molecule has 0 saturated carbocycles. The fourth-order valence-corrected chi connectivity index (χ4v) is 1.23. The lowest BCUT2D eigenvalue weighted by Gasteiger charge is -2.07. The third-order valence-corrected chi connectivity index (χ3v) is 2.43. The van der Waals surface area contributed by atoms with Crippen LogP contribution in [-0.4, -0.2) is 101 Å². The van der Waals surface area contributed by atoms with Crippen molar-refractivity contribution >= 4 is 0 Å². The molecule has 0 saturated heterocycles. The van der Waals surface area contributed by atoms with E-state index in [2.05, 4.69) is 6.92 Å². The van der Waals surface area contributed by atoms with Gasteiger partial charge < -0.3 is 34.3 Å². The van der Waals surface area contributed by atoms with Gasteiger partial charge in [0.1, 0.15) is 13.2 Å². The number of hydrogen-bond acceptors (Lipinski definition) is 9. The van der Waals surface area contributed by atoms with Gasteiger partial charge in [0.25, 0.3) is 0 Å². The summed E-state index contributed by atoms with van der Waals surface area (Å²) in [5.41, 5.74) is 0. The van der Waals surface area contributed by atoms with Gasteiger partial charge in [-0.05, 0) is 6.42 Å². The molecule has 0 fully saturated rings. The highest BCUT2D eigenvalue weighted by Crippen LogP contribution is 1.84. The average Bonchev–Trinajstić information content (AvgIpc) is 2.62. The van der Waals surface area contributed by atoms with Crippen molar-refractivity contribution < 1.29 is 44.0 Å². The molecule has 3 N–H and O–H groups in total. The zero-order valence-electron chi connectivity index (χ0n) is 15.4. The normalized spacial score (nSPS) is 10.6. The van der Waals surface area contributed by atoms with Gasteiger partial charge in [-0.1, -0.05) is 13.3 Å². The van der Waals surface area contributed by atoms with Crippen molar-refractivity contribution in [3.8, 4) is 0 Å². The van der Waals surface area contributed by atoms with Gasteiger partial charge in [0.2, 0.25) is 0 Å². The van der Waals surface area contributed by atoms with Crippen molar-refractivity contribution in [3.05, 3.63) is 0 Å². The van der Waals surface area contributed by atoms with E-state index in [4.69, 9.17) is 44.0 Å². The number of unbranched alkanes of at least 4 members (excludes halogenated alkanes) is 1. The summed E-state index contributed by atoms with van der Waals surface area (Å²) in [6.07, 6.45) is 2.04. The van der Waals surface area contributed by atoms with E-state index in [1.165, 1.54) is 0 Å². The molecule has 0 aliphatic rings. The molecule has 9 heteroatoms. The largest absolute Gasteiger partial charge is 0.396 e. The number of aliphatic hydroxyl groups excluding tert-OH is 3. The summed E-state index contributed by atoms with van der Waals surface area (Å²) in [5.74, 6) is 0. The summed E-state index contributed by atoms with van der Waals surface area (Å²) in [6, 6.07) is 0. The molecule has 0 heterocycles. The summed E-state index contributed by atoms with van der Waals surface area (Å²) >= 11 is 0. The van der Waals surface area contributed by atoms with Crippen LogP contribution in [0.2, 0.25) is 0 Å². The number of rotatable bonds is 19. The van der Waals surface area contributed by atoms with E-state index in [9.17, 15) is 0 Å². The van der Waals surface area contributed by atoms with Crippen LogP contribution in [0.5, 0.6) is 0 Å². The SMILES string of the molecule is CCCCO.OCCOCCOCCOOCCOCCOCCO. The van der Waals surface area contributed by atoms with E-state index in [1.807, 2.05) is 0 Å². The fourth-order valence-electron chi connectivity index (χ4n) is 1.23. The summed E-state index contributed by atoms with van der Waals surface area (Å²) in [4.78, 5) is 9.71. The van der Waals surface area contributed by atoms with Crippen molar-refractivity contribution in [2.75, 3.05) is 85.9 Å². The molecule has 25 heavy (non-hydrogen) atoms. The second-order valence-corrected chi connectivity index (χ2v) is 4.62. The average molecular weight is 372 g/mol. The Morgan fingerprint density at radius 1 is 0.480 bits per heavy atom. The van der Waals surface area contributed by atoms with Crippen LogP contribution in [0, 0.1) is 0 Å². The maximum Gasteiger partial charge on any atom is 0.106 e. The van der Waals surface area contributed by atoms with E-state index >= 15 is 0 Å². The number of aliphatic hydroxyl groups is 3. The molecule has 0 aromatic rings. The highest BCUT2D eigenvalue weighted by molar-refractivity contribution is 4.32. The molecule has 0 unspecified atom stereocenters. The van der Waals surface area contributed by atoms with Gasteiger partial charge in [-0.3, -0.25) is 0 Å². The smallest absolute Gasteiger partial charge is 0.106 e. The third-order valence-electron chi connectivity index (χ3n) is 2.43. The highest BCUT2D eigenvalue weighted by Gasteiger charge is 1.93. The number of hydrogen-bond donors (Lipinski definition) is 3. The Morgan fingerprint density at radius 3 is 1.12 bits per heavy atom. The summed E-state index contributed by atoms with van der Waals surface area (Å²) in [7, 11) is 0. The van der Waals surface area contributed by atoms with Gasteiger partial charge in [0.15, 0.2) is 0 Å². The molecule has 0 aromatic carbocycles. The molecule has 0 aromatic heterocycles. The molecule has 0 atom stereocenters. The Bertz CT molecular complexity index is 188. The lowest BCUT2D eigenvalue weighted by Crippen LogP contribution is -2.13. The summed E-state index contributed by atoms with van der Waals surface area (Å²) < 4.78 is 20.4. The molecule has 0 bridgehead atoms. The molecule has 0 aliphatic carbocycles. The quantitative estimate of drug-likeness (QED) is 0.160. The Hall–Kier alpha value is -0.360. The topological polar surface area (TPSA) is 116 Å². The van der Waals surface area contributed by atoms with Crippen molar-refractivity contribution in [2.24, 2.45) is 0 Å². The van der Waals surface area contributed by atoms with Crippen LogP contribution in [0.3, 0.4) is 0 Å². The van der Waals surface area contributed by atoms with Crippen LogP contribution in [0.25, 0.3) is 0 Å². The van der Waals surface area contributed by atoms with Crippen molar-refractivity contribution in [2.45, 2.75) is 19.8 Å². The predicted molar refractivity (Wildman–Crippen MR) is 91.3 cm³/mol.